The van der Waals surface area contributed by atoms with Gasteiger partial charge in [0.05, 0.1) is 11.3 Å². The smallest absolute Gasteiger partial charge is 0.309 e. The Morgan fingerprint density at radius 3 is 2.64 bits per heavy atom. The van der Waals surface area contributed by atoms with Crippen LogP contribution in [0.2, 0.25) is 0 Å². The van der Waals surface area contributed by atoms with Gasteiger partial charge in [0.25, 0.3) is 5.91 Å². The van der Waals surface area contributed by atoms with Crippen molar-refractivity contribution in [3.8, 4) is 0 Å². The van der Waals surface area contributed by atoms with Crippen LogP contribution in [-0.2, 0) is 11.3 Å². The summed E-state index contributed by atoms with van der Waals surface area (Å²) in [6.45, 7) is 0.170. The molecule has 1 aromatic carbocycles. The van der Waals surface area contributed by atoms with Crippen LogP contribution in [0.25, 0.3) is 0 Å². The number of nitrogens with zero attached hydrogens (tertiary/aromatic N) is 2. The standard InChI is InChI=1S/C14H11F2N3O3/c15-10-1-2-12(11(16)7-10)18-14(22)9-3-5-19(17-8-9)6-4-13(20)21/h1-3,5,7-8H,4,6H2,(H-,18,20,21,22)/p+1. The van der Waals surface area contributed by atoms with Crippen molar-refractivity contribution >= 4 is 17.6 Å². The SMILES string of the molecule is O=C(O)CC[n+]1ccc(C(=O)Nc2ccc(F)cc2F)cn1. The number of aromatic nitrogens is 2. The van der Waals surface area contributed by atoms with Crippen molar-refractivity contribution in [1.29, 1.82) is 0 Å². The minimum Gasteiger partial charge on any atom is -0.481 e. The van der Waals surface area contributed by atoms with E-state index in [2.05, 4.69) is 10.4 Å². The fourth-order valence-electron chi connectivity index (χ4n) is 1.65. The zero-order valence-electron chi connectivity index (χ0n) is 11.3. The average Bonchev–Trinajstić information content (AvgIpc) is 2.48. The van der Waals surface area contributed by atoms with Gasteiger partial charge in [-0.1, -0.05) is 4.68 Å². The Morgan fingerprint density at radius 2 is 2.05 bits per heavy atom. The highest BCUT2D eigenvalue weighted by molar-refractivity contribution is 6.03. The highest BCUT2D eigenvalue weighted by Crippen LogP contribution is 2.15. The lowest BCUT2D eigenvalue weighted by Gasteiger charge is -2.05. The number of carboxylic acids is 1. The van der Waals surface area contributed by atoms with Gasteiger partial charge in [-0.2, -0.15) is 0 Å². The molecule has 2 N–H and O–H groups in total. The first-order valence-electron chi connectivity index (χ1n) is 6.29. The number of halogens is 2. The van der Waals surface area contributed by atoms with Crippen molar-refractivity contribution in [3.05, 3.63) is 53.9 Å². The van der Waals surface area contributed by atoms with Crippen LogP contribution in [0.15, 0.2) is 36.7 Å². The predicted molar refractivity (Wildman–Crippen MR) is 71.0 cm³/mol. The van der Waals surface area contributed by atoms with Gasteiger partial charge in [0.1, 0.15) is 24.3 Å². The average molecular weight is 308 g/mol. The summed E-state index contributed by atoms with van der Waals surface area (Å²) in [4.78, 5) is 22.4. The van der Waals surface area contributed by atoms with Crippen molar-refractivity contribution < 1.29 is 28.2 Å². The largest absolute Gasteiger partial charge is 0.481 e. The second-order valence-electron chi connectivity index (χ2n) is 4.40. The third-order valence-electron chi connectivity index (χ3n) is 2.77. The van der Waals surface area contributed by atoms with Crippen LogP contribution in [0, 0.1) is 11.6 Å². The van der Waals surface area contributed by atoms with Crippen LogP contribution in [0.1, 0.15) is 16.8 Å². The lowest BCUT2D eigenvalue weighted by molar-refractivity contribution is -0.753. The Hall–Kier alpha value is -2.90. The molecule has 0 fully saturated rings. The van der Waals surface area contributed by atoms with E-state index in [4.69, 9.17) is 5.11 Å². The Bertz CT molecular complexity index is 705. The number of aryl methyl sites for hydroxylation is 1. The maximum absolute atomic E-state index is 13.4. The lowest BCUT2D eigenvalue weighted by atomic mass is 10.2. The quantitative estimate of drug-likeness (QED) is 0.817. The Kier molecular flexibility index (Phi) is 4.72. The van der Waals surface area contributed by atoms with Crippen molar-refractivity contribution in [2.45, 2.75) is 13.0 Å². The molecule has 1 aromatic heterocycles. The number of carboxylic acid groups (broad SMARTS) is 1. The summed E-state index contributed by atoms with van der Waals surface area (Å²) in [7, 11) is 0. The molecule has 0 unspecified atom stereocenters. The maximum Gasteiger partial charge on any atom is 0.309 e. The van der Waals surface area contributed by atoms with E-state index in [9.17, 15) is 18.4 Å². The molecule has 0 saturated carbocycles. The molecule has 2 rings (SSSR count). The first-order valence-corrected chi connectivity index (χ1v) is 6.29. The summed E-state index contributed by atoms with van der Waals surface area (Å²) in [5.74, 6) is -3.18. The number of hydrogen-bond acceptors (Lipinski definition) is 3. The normalized spacial score (nSPS) is 10.3. The molecule has 6 nitrogen and oxygen atoms in total. The molecule has 0 spiro atoms. The number of nitrogens with one attached hydrogen (secondary N) is 1. The number of benzene rings is 1. The van der Waals surface area contributed by atoms with Gasteiger partial charge in [0.2, 0.25) is 0 Å². The van der Waals surface area contributed by atoms with Gasteiger partial charge in [0, 0.05) is 12.1 Å². The zero-order chi connectivity index (χ0) is 16.1. The number of anilines is 1. The third kappa shape index (κ3) is 4.05. The lowest BCUT2D eigenvalue weighted by Crippen LogP contribution is -2.38. The van der Waals surface area contributed by atoms with Gasteiger partial charge in [-0.15, -0.1) is 0 Å². The Labute approximate surface area is 124 Å². The fourth-order valence-corrected chi connectivity index (χ4v) is 1.65. The van der Waals surface area contributed by atoms with E-state index in [0.29, 0.717) is 6.07 Å². The highest BCUT2D eigenvalue weighted by atomic mass is 19.1. The topological polar surface area (TPSA) is 83.2 Å². The van der Waals surface area contributed by atoms with E-state index in [1.54, 1.807) is 0 Å². The van der Waals surface area contributed by atoms with Gasteiger partial charge < -0.3 is 10.4 Å². The van der Waals surface area contributed by atoms with E-state index in [0.717, 1.165) is 12.1 Å². The summed E-state index contributed by atoms with van der Waals surface area (Å²) in [5, 5.41) is 14.7. The Balaban J connectivity index is 2.04. The number of carbonyl (C=O) groups is 2. The van der Waals surface area contributed by atoms with Crippen molar-refractivity contribution in [2.24, 2.45) is 0 Å². The predicted octanol–water partition coefficient (Wildman–Crippen LogP) is 1.37. The minimum absolute atomic E-state index is 0.0933. The van der Waals surface area contributed by atoms with E-state index in [1.165, 1.54) is 23.1 Å². The van der Waals surface area contributed by atoms with E-state index in [1.807, 2.05) is 0 Å². The number of rotatable bonds is 5. The number of carbonyl (C=O) groups excluding carboxylic acids is 1. The maximum atomic E-state index is 13.4. The second-order valence-corrected chi connectivity index (χ2v) is 4.40. The van der Waals surface area contributed by atoms with Gasteiger partial charge in [-0.3, -0.25) is 9.59 Å². The van der Waals surface area contributed by atoms with E-state index < -0.39 is 23.5 Å². The molecule has 2 aromatic rings. The molecular formula is C14H12F2N3O3+. The molecule has 1 heterocycles. The monoisotopic (exact) mass is 308 g/mol. The van der Waals surface area contributed by atoms with Crippen LogP contribution >= 0.6 is 0 Å². The van der Waals surface area contributed by atoms with Crippen LogP contribution in [0.3, 0.4) is 0 Å². The van der Waals surface area contributed by atoms with Crippen LogP contribution < -0.4 is 10.00 Å². The second kappa shape index (κ2) is 6.70. The molecule has 0 radical (unpaired) electrons. The first kappa shape index (κ1) is 15.5. The van der Waals surface area contributed by atoms with E-state index >= 15 is 0 Å². The fraction of sp³-hybridized carbons (Fsp3) is 0.143. The summed E-state index contributed by atoms with van der Waals surface area (Å²) < 4.78 is 27.6. The van der Waals surface area contributed by atoms with Gasteiger partial charge in [-0.25, -0.2) is 8.78 Å². The molecule has 22 heavy (non-hydrogen) atoms. The molecule has 1 amide bonds. The zero-order valence-corrected chi connectivity index (χ0v) is 11.3. The van der Waals surface area contributed by atoms with Crippen LogP contribution in [0.4, 0.5) is 14.5 Å². The summed E-state index contributed by atoms with van der Waals surface area (Å²) in [6.07, 6.45) is 2.58. The van der Waals surface area contributed by atoms with Gasteiger partial charge in [0.15, 0.2) is 12.7 Å². The van der Waals surface area contributed by atoms with Crippen LogP contribution in [0.5, 0.6) is 0 Å². The molecule has 0 atom stereocenters. The molecule has 114 valence electrons. The molecule has 0 aliphatic rings. The number of aliphatic carboxylic acids is 1. The number of amides is 1. The van der Waals surface area contributed by atoms with Crippen molar-refractivity contribution in [3.63, 3.8) is 0 Å². The number of hydrogen-bond donors (Lipinski definition) is 2. The summed E-state index contributed by atoms with van der Waals surface area (Å²) in [6, 6.07) is 4.23. The third-order valence-corrected chi connectivity index (χ3v) is 2.77. The van der Waals surface area contributed by atoms with Gasteiger partial charge in [-0.05, 0) is 17.2 Å². The minimum atomic E-state index is -0.956. The van der Waals surface area contributed by atoms with Crippen molar-refractivity contribution in [1.82, 2.24) is 5.10 Å². The van der Waals surface area contributed by atoms with Gasteiger partial charge >= 0.3 is 5.97 Å². The highest BCUT2D eigenvalue weighted by Gasteiger charge is 2.13. The summed E-state index contributed by atoms with van der Waals surface area (Å²) >= 11 is 0. The van der Waals surface area contributed by atoms with E-state index in [-0.39, 0.29) is 24.2 Å². The first-order chi connectivity index (χ1) is 10.5. The van der Waals surface area contributed by atoms with Crippen LogP contribution in [-0.4, -0.2) is 22.1 Å². The van der Waals surface area contributed by atoms with Crippen molar-refractivity contribution in [2.75, 3.05) is 5.32 Å². The molecule has 8 heteroatoms. The molecule has 0 saturated heterocycles. The summed E-state index contributed by atoms with van der Waals surface area (Å²) in [5.41, 5.74) is 0.0179. The molecule has 0 aliphatic heterocycles. The molecule has 0 bridgehead atoms. The Morgan fingerprint density at radius 1 is 1.27 bits per heavy atom. The molecular weight excluding hydrogens is 296 g/mol. The molecule has 0 aliphatic carbocycles.